The van der Waals surface area contributed by atoms with Gasteiger partial charge in [-0.25, -0.2) is 4.98 Å². The monoisotopic (exact) mass is 449 g/mol. The highest BCUT2D eigenvalue weighted by Gasteiger charge is 2.23. The molecule has 0 radical (unpaired) electrons. The quantitative estimate of drug-likeness (QED) is 0.392. The van der Waals surface area contributed by atoms with Crippen molar-refractivity contribution >= 4 is 29.9 Å². The normalized spacial score (nSPS) is 22.5. The number of hydrogen-bond acceptors (Lipinski definition) is 5. The molecular formula is C15H28IN7O. The number of hydrogen-bond donors (Lipinski definition) is 1. The fraction of sp³-hybridized carbons (Fsp3) is 0.800. The Morgan fingerprint density at radius 2 is 2.17 bits per heavy atom. The smallest absolute Gasteiger partial charge is 0.193 e. The van der Waals surface area contributed by atoms with Crippen LogP contribution in [0.3, 0.4) is 0 Å². The summed E-state index contributed by atoms with van der Waals surface area (Å²) in [7, 11) is 1.85. The van der Waals surface area contributed by atoms with Crippen LogP contribution in [0.4, 0.5) is 0 Å². The van der Waals surface area contributed by atoms with E-state index in [1.165, 1.54) is 13.0 Å². The van der Waals surface area contributed by atoms with Crippen LogP contribution in [-0.2, 0) is 11.3 Å². The molecule has 0 spiro atoms. The molecular weight excluding hydrogens is 421 g/mol. The molecule has 2 fully saturated rings. The van der Waals surface area contributed by atoms with Crippen molar-refractivity contribution in [3.05, 3.63) is 12.7 Å². The molecule has 136 valence electrons. The summed E-state index contributed by atoms with van der Waals surface area (Å²) in [5.41, 5.74) is 0. The summed E-state index contributed by atoms with van der Waals surface area (Å²) in [6, 6.07) is 0. The van der Waals surface area contributed by atoms with Gasteiger partial charge < -0.3 is 15.0 Å². The summed E-state index contributed by atoms with van der Waals surface area (Å²) in [4.78, 5) is 13.2. The van der Waals surface area contributed by atoms with E-state index in [9.17, 15) is 0 Å². The van der Waals surface area contributed by atoms with Gasteiger partial charge in [0.05, 0.1) is 13.2 Å². The Hall–Kier alpha value is -0.940. The van der Waals surface area contributed by atoms with E-state index in [1.807, 2.05) is 11.7 Å². The number of guanidine groups is 1. The predicted molar refractivity (Wildman–Crippen MR) is 104 cm³/mol. The van der Waals surface area contributed by atoms with Crippen molar-refractivity contribution in [3.63, 3.8) is 0 Å². The minimum absolute atomic E-state index is 0. The highest BCUT2D eigenvalue weighted by Crippen LogP contribution is 2.15. The zero-order valence-corrected chi connectivity index (χ0v) is 16.6. The van der Waals surface area contributed by atoms with Gasteiger partial charge in [0.15, 0.2) is 5.96 Å². The Kier molecular flexibility index (Phi) is 8.19. The van der Waals surface area contributed by atoms with Crippen molar-refractivity contribution in [3.8, 4) is 0 Å². The zero-order valence-electron chi connectivity index (χ0n) is 14.3. The van der Waals surface area contributed by atoms with E-state index in [0.29, 0.717) is 0 Å². The van der Waals surface area contributed by atoms with E-state index in [2.05, 4.69) is 30.2 Å². The topological polar surface area (TPSA) is 70.8 Å². The van der Waals surface area contributed by atoms with Crippen LogP contribution in [0.1, 0.15) is 6.42 Å². The lowest BCUT2D eigenvalue weighted by Crippen LogP contribution is -2.53. The summed E-state index contributed by atoms with van der Waals surface area (Å²) in [5, 5.41) is 7.52. The number of nitrogens with one attached hydrogen (secondary N) is 1. The lowest BCUT2D eigenvalue weighted by molar-refractivity contribution is 0.139. The summed E-state index contributed by atoms with van der Waals surface area (Å²) in [6.07, 6.45) is 4.51. The molecule has 1 aromatic rings. The molecule has 3 heterocycles. The average Bonchev–Trinajstić information content (AvgIpc) is 3.26. The number of aromatic nitrogens is 3. The molecule has 0 aliphatic carbocycles. The standard InChI is InChI=1S/C15H27N7O.HI/c1-16-15(18-3-4-22-13-17-12-19-22)21-7-5-20(6-8-21)10-14-2-9-23-11-14;/h12-14H,2-11H2,1H3,(H,16,18);1H. The molecule has 2 aliphatic rings. The third-order valence-electron chi connectivity index (χ3n) is 4.51. The maximum absolute atomic E-state index is 5.47. The first-order valence-electron chi connectivity index (χ1n) is 8.43. The second-order valence-electron chi connectivity index (χ2n) is 6.15. The molecule has 1 aromatic heterocycles. The van der Waals surface area contributed by atoms with E-state index in [1.54, 1.807) is 12.7 Å². The third-order valence-corrected chi connectivity index (χ3v) is 4.51. The van der Waals surface area contributed by atoms with E-state index in [-0.39, 0.29) is 24.0 Å². The van der Waals surface area contributed by atoms with Gasteiger partial charge in [0.1, 0.15) is 12.7 Å². The second kappa shape index (κ2) is 10.1. The number of halogens is 1. The Labute approximate surface area is 160 Å². The first-order valence-corrected chi connectivity index (χ1v) is 8.43. The lowest BCUT2D eigenvalue weighted by atomic mass is 10.1. The van der Waals surface area contributed by atoms with Crippen molar-refractivity contribution < 1.29 is 4.74 Å². The highest BCUT2D eigenvalue weighted by molar-refractivity contribution is 14.0. The third kappa shape index (κ3) is 5.55. The van der Waals surface area contributed by atoms with Gasteiger partial charge in [-0.3, -0.25) is 14.6 Å². The minimum atomic E-state index is 0. The molecule has 8 nitrogen and oxygen atoms in total. The zero-order chi connectivity index (χ0) is 15.9. The van der Waals surface area contributed by atoms with E-state index < -0.39 is 0 Å². The molecule has 2 saturated heterocycles. The van der Waals surface area contributed by atoms with Crippen molar-refractivity contribution in [2.75, 3.05) is 59.5 Å². The van der Waals surface area contributed by atoms with E-state index in [4.69, 9.17) is 4.74 Å². The van der Waals surface area contributed by atoms with Crippen LogP contribution in [-0.4, -0.2) is 90.1 Å². The molecule has 9 heteroatoms. The number of aliphatic imine (C=N–C) groups is 1. The maximum atomic E-state index is 5.47. The molecule has 2 aliphatic heterocycles. The van der Waals surface area contributed by atoms with Gasteiger partial charge in [-0.2, -0.15) is 5.10 Å². The van der Waals surface area contributed by atoms with Gasteiger partial charge >= 0.3 is 0 Å². The van der Waals surface area contributed by atoms with Crippen LogP contribution in [0.5, 0.6) is 0 Å². The van der Waals surface area contributed by atoms with Gasteiger partial charge in [0.2, 0.25) is 0 Å². The van der Waals surface area contributed by atoms with Gasteiger partial charge in [-0.05, 0) is 12.3 Å². The van der Waals surface area contributed by atoms with Gasteiger partial charge in [0, 0.05) is 52.9 Å². The number of piperazine rings is 1. The van der Waals surface area contributed by atoms with Crippen molar-refractivity contribution in [1.29, 1.82) is 0 Å². The van der Waals surface area contributed by atoms with Crippen molar-refractivity contribution in [2.45, 2.75) is 13.0 Å². The van der Waals surface area contributed by atoms with Crippen LogP contribution in [0.2, 0.25) is 0 Å². The summed E-state index contributed by atoms with van der Waals surface area (Å²) < 4.78 is 7.29. The van der Waals surface area contributed by atoms with Crippen molar-refractivity contribution in [1.82, 2.24) is 29.9 Å². The molecule has 0 aromatic carbocycles. The average molecular weight is 449 g/mol. The second-order valence-corrected chi connectivity index (χ2v) is 6.15. The lowest BCUT2D eigenvalue weighted by Gasteiger charge is -2.37. The Morgan fingerprint density at radius 3 is 2.79 bits per heavy atom. The SMILES string of the molecule is CN=C(NCCn1cncn1)N1CCN(CC2CCOC2)CC1.I. The summed E-state index contributed by atoms with van der Waals surface area (Å²) in [6.45, 7) is 8.88. The molecule has 0 saturated carbocycles. The van der Waals surface area contributed by atoms with E-state index in [0.717, 1.165) is 64.4 Å². The van der Waals surface area contributed by atoms with Crippen LogP contribution in [0.15, 0.2) is 17.6 Å². The number of nitrogens with zero attached hydrogens (tertiary/aromatic N) is 6. The molecule has 0 amide bonds. The fourth-order valence-electron chi connectivity index (χ4n) is 3.20. The van der Waals surface area contributed by atoms with Gasteiger partial charge in [-0.1, -0.05) is 0 Å². The highest BCUT2D eigenvalue weighted by atomic mass is 127. The van der Waals surface area contributed by atoms with Gasteiger partial charge in [-0.15, -0.1) is 24.0 Å². The van der Waals surface area contributed by atoms with Crippen LogP contribution in [0.25, 0.3) is 0 Å². The van der Waals surface area contributed by atoms with Crippen LogP contribution < -0.4 is 5.32 Å². The Morgan fingerprint density at radius 1 is 1.33 bits per heavy atom. The summed E-state index contributed by atoms with van der Waals surface area (Å²) >= 11 is 0. The number of ether oxygens (including phenoxy) is 1. The molecule has 0 bridgehead atoms. The number of rotatable bonds is 5. The molecule has 3 rings (SSSR count). The Bertz CT molecular complexity index is 482. The van der Waals surface area contributed by atoms with Crippen LogP contribution in [0, 0.1) is 5.92 Å². The molecule has 1 N–H and O–H groups in total. The first-order chi connectivity index (χ1) is 11.3. The Balaban J connectivity index is 0.00000208. The minimum Gasteiger partial charge on any atom is -0.381 e. The van der Waals surface area contributed by atoms with Gasteiger partial charge in [0.25, 0.3) is 0 Å². The van der Waals surface area contributed by atoms with E-state index >= 15 is 0 Å². The molecule has 24 heavy (non-hydrogen) atoms. The predicted octanol–water partition coefficient (Wildman–Crippen LogP) is 0.126. The largest absolute Gasteiger partial charge is 0.381 e. The molecule has 1 atom stereocenters. The summed E-state index contributed by atoms with van der Waals surface area (Å²) in [5.74, 6) is 1.70. The van der Waals surface area contributed by atoms with Crippen molar-refractivity contribution in [2.24, 2.45) is 10.9 Å². The first kappa shape index (κ1) is 19.4. The maximum Gasteiger partial charge on any atom is 0.193 e. The molecule has 1 unspecified atom stereocenters. The fourth-order valence-corrected chi connectivity index (χ4v) is 3.20. The van der Waals surface area contributed by atoms with Crippen LogP contribution >= 0.6 is 24.0 Å².